The minimum atomic E-state index is -0.367. The van der Waals surface area contributed by atoms with Gasteiger partial charge < -0.3 is 9.30 Å². The first kappa shape index (κ1) is 19.8. The zero-order valence-electron chi connectivity index (χ0n) is 17.0. The van der Waals surface area contributed by atoms with Crippen LogP contribution in [-0.4, -0.2) is 14.5 Å². The molecule has 3 aromatic rings. The Morgan fingerprint density at radius 2 is 2.04 bits per heavy atom. The number of benzene rings is 1. The molecule has 0 saturated carbocycles. The molecule has 0 aliphatic heterocycles. The molecule has 2 aromatic heterocycles. The Hall–Kier alpha value is -2.95. The third kappa shape index (κ3) is 4.30. The van der Waals surface area contributed by atoms with Crippen LogP contribution < -0.4 is 4.74 Å². The average Bonchev–Trinajstić information content (AvgIpc) is 3.10. The van der Waals surface area contributed by atoms with Crippen LogP contribution in [0.15, 0.2) is 43.0 Å². The van der Waals surface area contributed by atoms with E-state index in [1.165, 1.54) is 6.07 Å². The SMILES string of the molecule is CCC(C)c1c(Oc2ccc(C)cc2F)ccnc1/C=C(\C)c1cn(C)cn1. The van der Waals surface area contributed by atoms with Crippen molar-refractivity contribution in [3.63, 3.8) is 0 Å². The highest BCUT2D eigenvalue weighted by Crippen LogP contribution is 2.36. The first-order valence-electron chi connectivity index (χ1n) is 9.48. The molecule has 0 aliphatic carbocycles. The number of allylic oxidation sites excluding steroid dienone is 1. The van der Waals surface area contributed by atoms with Crippen molar-refractivity contribution in [1.82, 2.24) is 14.5 Å². The first-order valence-corrected chi connectivity index (χ1v) is 9.48. The maximum absolute atomic E-state index is 14.3. The zero-order chi connectivity index (χ0) is 20.3. The summed E-state index contributed by atoms with van der Waals surface area (Å²) < 4.78 is 22.2. The summed E-state index contributed by atoms with van der Waals surface area (Å²) in [4.78, 5) is 8.98. The van der Waals surface area contributed by atoms with Gasteiger partial charge in [0.05, 0.1) is 17.7 Å². The first-order chi connectivity index (χ1) is 13.4. The molecule has 1 aromatic carbocycles. The average molecular weight is 379 g/mol. The summed E-state index contributed by atoms with van der Waals surface area (Å²) in [5.41, 5.74) is 4.56. The Morgan fingerprint density at radius 3 is 2.68 bits per heavy atom. The van der Waals surface area contributed by atoms with Crippen LogP contribution >= 0.6 is 0 Å². The third-order valence-electron chi connectivity index (χ3n) is 4.86. The summed E-state index contributed by atoms with van der Waals surface area (Å²) in [6.45, 7) is 8.11. The molecule has 0 amide bonds. The summed E-state index contributed by atoms with van der Waals surface area (Å²) >= 11 is 0. The van der Waals surface area contributed by atoms with Gasteiger partial charge in [0.25, 0.3) is 0 Å². The van der Waals surface area contributed by atoms with Crippen LogP contribution in [0.2, 0.25) is 0 Å². The summed E-state index contributed by atoms with van der Waals surface area (Å²) in [6.07, 6.45) is 8.38. The highest BCUT2D eigenvalue weighted by atomic mass is 19.1. The van der Waals surface area contributed by atoms with Gasteiger partial charge in [-0.25, -0.2) is 9.37 Å². The second-order valence-corrected chi connectivity index (χ2v) is 7.20. The monoisotopic (exact) mass is 379 g/mol. The van der Waals surface area contributed by atoms with Crippen molar-refractivity contribution in [2.75, 3.05) is 0 Å². The zero-order valence-corrected chi connectivity index (χ0v) is 17.0. The molecule has 1 atom stereocenters. The second kappa shape index (κ2) is 8.38. The number of halogens is 1. The van der Waals surface area contributed by atoms with Crippen LogP contribution in [0.5, 0.6) is 11.5 Å². The number of hydrogen-bond donors (Lipinski definition) is 0. The van der Waals surface area contributed by atoms with Crippen molar-refractivity contribution < 1.29 is 9.13 Å². The molecule has 0 bridgehead atoms. The fourth-order valence-electron chi connectivity index (χ4n) is 3.08. The van der Waals surface area contributed by atoms with Crippen LogP contribution in [0.25, 0.3) is 11.6 Å². The van der Waals surface area contributed by atoms with Crippen molar-refractivity contribution in [3.05, 3.63) is 71.3 Å². The van der Waals surface area contributed by atoms with Crippen molar-refractivity contribution >= 4 is 11.6 Å². The number of aryl methyl sites for hydroxylation is 2. The van der Waals surface area contributed by atoms with E-state index in [9.17, 15) is 4.39 Å². The van der Waals surface area contributed by atoms with Gasteiger partial charge in [0, 0.05) is 25.0 Å². The van der Waals surface area contributed by atoms with Crippen molar-refractivity contribution in [3.8, 4) is 11.5 Å². The smallest absolute Gasteiger partial charge is 0.165 e. The van der Waals surface area contributed by atoms with E-state index in [-0.39, 0.29) is 17.5 Å². The van der Waals surface area contributed by atoms with Crippen LogP contribution in [0.1, 0.15) is 55.6 Å². The molecule has 0 saturated heterocycles. The molecule has 3 rings (SSSR count). The van der Waals surface area contributed by atoms with Crippen LogP contribution in [-0.2, 0) is 7.05 Å². The van der Waals surface area contributed by atoms with Gasteiger partial charge >= 0.3 is 0 Å². The van der Waals surface area contributed by atoms with Gasteiger partial charge in [0.1, 0.15) is 5.75 Å². The Labute approximate surface area is 165 Å². The Balaban J connectivity index is 2.05. The Bertz CT molecular complexity index is 1010. The maximum atomic E-state index is 14.3. The molecule has 146 valence electrons. The minimum absolute atomic E-state index is 0.208. The van der Waals surface area contributed by atoms with Gasteiger partial charge in [-0.1, -0.05) is 19.9 Å². The van der Waals surface area contributed by atoms with Crippen LogP contribution in [0, 0.1) is 12.7 Å². The van der Waals surface area contributed by atoms with Gasteiger partial charge in [-0.3, -0.25) is 4.98 Å². The van der Waals surface area contributed by atoms with E-state index >= 15 is 0 Å². The topological polar surface area (TPSA) is 39.9 Å². The molecule has 1 unspecified atom stereocenters. The molecule has 0 N–H and O–H groups in total. The molecule has 0 fully saturated rings. The summed E-state index contributed by atoms with van der Waals surface area (Å²) in [7, 11) is 1.94. The Kier molecular flexibility index (Phi) is 5.93. The van der Waals surface area contributed by atoms with E-state index in [0.29, 0.717) is 5.75 Å². The third-order valence-corrected chi connectivity index (χ3v) is 4.86. The lowest BCUT2D eigenvalue weighted by Gasteiger charge is -2.18. The van der Waals surface area contributed by atoms with Crippen LogP contribution in [0.3, 0.4) is 0 Å². The van der Waals surface area contributed by atoms with E-state index in [1.54, 1.807) is 24.7 Å². The van der Waals surface area contributed by atoms with Gasteiger partial charge in [-0.05, 0) is 61.6 Å². The molecule has 28 heavy (non-hydrogen) atoms. The molecule has 0 radical (unpaired) electrons. The minimum Gasteiger partial charge on any atom is -0.454 e. The molecule has 0 aliphatic rings. The number of hydrogen-bond acceptors (Lipinski definition) is 3. The number of rotatable bonds is 6. The van der Waals surface area contributed by atoms with Crippen molar-refractivity contribution in [1.29, 1.82) is 0 Å². The van der Waals surface area contributed by atoms with Gasteiger partial charge in [0.15, 0.2) is 11.6 Å². The van der Waals surface area contributed by atoms with E-state index in [0.717, 1.165) is 34.5 Å². The lowest BCUT2D eigenvalue weighted by molar-refractivity contribution is 0.432. The normalized spacial score (nSPS) is 12.9. The summed E-state index contributed by atoms with van der Waals surface area (Å²) in [5, 5.41) is 0. The molecule has 2 heterocycles. The summed E-state index contributed by atoms with van der Waals surface area (Å²) in [6, 6.07) is 6.79. The molecule has 5 heteroatoms. The highest BCUT2D eigenvalue weighted by Gasteiger charge is 2.18. The Morgan fingerprint density at radius 1 is 1.25 bits per heavy atom. The molecule has 4 nitrogen and oxygen atoms in total. The van der Waals surface area contributed by atoms with Crippen molar-refractivity contribution in [2.24, 2.45) is 7.05 Å². The number of aromatic nitrogens is 3. The quantitative estimate of drug-likeness (QED) is 0.517. The van der Waals surface area contributed by atoms with Gasteiger partial charge in [0.2, 0.25) is 0 Å². The highest BCUT2D eigenvalue weighted by molar-refractivity contribution is 5.79. The number of pyridine rings is 1. The fourth-order valence-corrected chi connectivity index (χ4v) is 3.08. The number of ether oxygens (including phenoxy) is 1. The fraction of sp³-hybridized carbons (Fsp3) is 0.304. The van der Waals surface area contributed by atoms with E-state index in [1.807, 2.05) is 43.8 Å². The lowest BCUT2D eigenvalue weighted by atomic mass is 9.95. The number of nitrogens with zero attached hydrogens (tertiary/aromatic N) is 3. The van der Waals surface area contributed by atoms with E-state index in [2.05, 4.69) is 23.8 Å². The number of imidazole rings is 1. The molecular formula is C23H26FN3O. The van der Waals surface area contributed by atoms with Gasteiger partial charge in [-0.2, -0.15) is 0 Å². The van der Waals surface area contributed by atoms with Gasteiger partial charge in [-0.15, -0.1) is 0 Å². The molecule has 0 spiro atoms. The molecular weight excluding hydrogens is 353 g/mol. The van der Waals surface area contributed by atoms with E-state index in [4.69, 9.17) is 4.74 Å². The largest absolute Gasteiger partial charge is 0.454 e. The summed E-state index contributed by atoms with van der Waals surface area (Å²) in [5.74, 6) is 0.693. The maximum Gasteiger partial charge on any atom is 0.165 e. The lowest BCUT2D eigenvalue weighted by Crippen LogP contribution is -2.02. The second-order valence-electron chi connectivity index (χ2n) is 7.20. The predicted molar refractivity (Wildman–Crippen MR) is 111 cm³/mol. The van der Waals surface area contributed by atoms with Crippen molar-refractivity contribution in [2.45, 2.75) is 40.0 Å². The van der Waals surface area contributed by atoms with E-state index < -0.39 is 0 Å². The predicted octanol–water partition coefficient (Wildman–Crippen LogP) is 6.13. The van der Waals surface area contributed by atoms with Crippen LogP contribution in [0.4, 0.5) is 4.39 Å². The standard InChI is InChI=1S/C23H26FN3O/c1-6-16(3)23-19(12-17(4)20-13-27(5)14-26-20)25-10-9-22(23)28-21-8-7-15(2)11-18(21)24/h7-14,16H,6H2,1-5H3/b17-12+.